The Bertz CT molecular complexity index is 1670. The van der Waals surface area contributed by atoms with Gasteiger partial charge in [-0.3, -0.25) is 9.89 Å². The Kier molecular flexibility index (Phi) is 6.40. The van der Waals surface area contributed by atoms with E-state index in [0.29, 0.717) is 31.8 Å². The second kappa shape index (κ2) is 10.0. The minimum Gasteiger partial charge on any atom is -0.508 e. The van der Waals surface area contributed by atoms with E-state index in [2.05, 4.69) is 40.3 Å². The van der Waals surface area contributed by atoms with Crippen LogP contribution >= 0.6 is 0 Å². The van der Waals surface area contributed by atoms with E-state index in [4.69, 9.17) is 10.7 Å². The molecule has 6 rings (SSSR count). The van der Waals surface area contributed by atoms with Gasteiger partial charge in [-0.15, -0.1) is 0 Å². The first-order valence-corrected chi connectivity index (χ1v) is 13.4. The van der Waals surface area contributed by atoms with E-state index < -0.39 is 6.04 Å². The molecule has 1 atom stereocenters. The lowest BCUT2D eigenvalue weighted by molar-refractivity contribution is -0.133. The number of imidazole rings is 1. The lowest BCUT2D eigenvalue weighted by atomic mass is 9.97. The number of amides is 1. The third-order valence-electron chi connectivity index (χ3n) is 7.60. The van der Waals surface area contributed by atoms with Crippen molar-refractivity contribution in [1.82, 2.24) is 25.1 Å². The molecule has 39 heavy (non-hydrogen) atoms. The van der Waals surface area contributed by atoms with Crippen LogP contribution < -0.4 is 5.73 Å². The second-order valence-corrected chi connectivity index (χ2v) is 10.3. The fourth-order valence-corrected chi connectivity index (χ4v) is 5.42. The molecule has 198 valence electrons. The molecule has 0 bridgehead atoms. The van der Waals surface area contributed by atoms with Gasteiger partial charge in [0.25, 0.3) is 0 Å². The van der Waals surface area contributed by atoms with Crippen LogP contribution in [0.5, 0.6) is 5.75 Å². The maximum absolute atomic E-state index is 13.1. The molecule has 3 heterocycles. The van der Waals surface area contributed by atoms with E-state index in [1.165, 1.54) is 5.56 Å². The summed E-state index contributed by atoms with van der Waals surface area (Å²) >= 11 is 0. The standard InChI is InChI=1S/C31H32N6O2/c1-3-20-15-22(38)9-11-23(20)21-8-10-24-27(16-21)35-36-29(24)30-33-26-12-13-37(17-28(26)34-30)31(39)25(32)14-19-6-4-18(2)5-7-19/h4-11,15-16,25,38H,3,12-14,17,32H2,1-2H3,(H,33,34)(H,35,36)/t25-/m0/s1. The second-order valence-electron chi connectivity index (χ2n) is 10.3. The Hall–Kier alpha value is -4.43. The molecule has 0 spiro atoms. The van der Waals surface area contributed by atoms with Crippen LogP contribution in [0.25, 0.3) is 33.5 Å². The number of nitrogens with zero attached hydrogens (tertiary/aromatic N) is 3. The fourth-order valence-electron chi connectivity index (χ4n) is 5.42. The Morgan fingerprint density at radius 2 is 1.95 bits per heavy atom. The molecule has 0 aliphatic carbocycles. The van der Waals surface area contributed by atoms with Crippen molar-refractivity contribution in [3.63, 3.8) is 0 Å². The predicted octanol–water partition coefficient (Wildman–Crippen LogP) is 4.65. The number of aryl methyl sites for hydroxylation is 2. The van der Waals surface area contributed by atoms with E-state index in [1.807, 2.05) is 48.2 Å². The number of phenols is 1. The number of nitrogens with two attached hydrogens (primary N) is 1. The number of nitrogens with one attached hydrogen (secondary N) is 2. The molecule has 2 aromatic heterocycles. The van der Waals surface area contributed by atoms with Crippen molar-refractivity contribution in [2.45, 2.75) is 45.7 Å². The lowest BCUT2D eigenvalue weighted by Crippen LogP contribution is -2.46. The van der Waals surface area contributed by atoms with Gasteiger partial charge in [0.2, 0.25) is 5.91 Å². The average Bonchev–Trinajstić information content (AvgIpc) is 3.56. The van der Waals surface area contributed by atoms with E-state index in [-0.39, 0.29) is 11.7 Å². The summed E-state index contributed by atoms with van der Waals surface area (Å²) in [5.74, 6) is 0.919. The number of phenolic OH excluding ortho intramolecular Hbond substituents is 1. The molecule has 0 saturated carbocycles. The number of carbonyl (C=O) groups is 1. The molecule has 8 heteroatoms. The molecule has 8 nitrogen and oxygen atoms in total. The van der Waals surface area contributed by atoms with Gasteiger partial charge >= 0.3 is 0 Å². The fraction of sp³-hybridized carbons (Fsp3) is 0.258. The highest BCUT2D eigenvalue weighted by Gasteiger charge is 2.28. The summed E-state index contributed by atoms with van der Waals surface area (Å²) in [6.45, 7) is 5.17. The van der Waals surface area contributed by atoms with Gasteiger partial charge in [-0.2, -0.15) is 5.10 Å². The van der Waals surface area contributed by atoms with Gasteiger partial charge in [0.1, 0.15) is 11.4 Å². The van der Waals surface area contributed by atoms with Crippen LogP contribution in [0.1, 0.15) is 35.0 Å². The van der Waals surface area contributed by atoms with Gasteiger partial charge in [0, 0.05) is 18.4 Å². The van der Waals surface area contributed by atoms with Crippen LogP contribution in [0.15, 0.2) is 60.7 Å². The molecular formula is C31H32N6O2. The summed E-state index contributed by atoms with van der Waals surface area (Å²) in [6, 6.07) is 19.3. The number of H-pyrrole nitrogens is 2. The third-order valence-corrected chi connectivity index (χ3v) is 7.60. The number of aromatic amines is 2. The monoisotopic (exact) mass is 520 g/mol. The SMILES string of the molecule is CCc1cc(O)ccc1-c1ccc2c(-c3nc4c([nH]3)CN(C(=O)[C@@H](N)Cc3ccc(C)cc3)CC4)n[nH]c2c1. The van der Waals surface area contributed by atoms with Crippen molar-refractivity contribution in [3.8, 4) is 28.4 Å². The largest absolute Gasteiger partial charge is 0.508 e. The van der Waals surface area contributed by atoms with Crippen molar-refractivity contribution in [2.75, 3.05) is 6.54 Å². The van der Waals surface area contributed by atoms with Crippen molar-refractivity contribution in [3.05, 3.63) is 88.7 Å². The predicted molar refractivity (Wildman–Crippen MR) is 152 cm³/mol. The number of hydrogen-bond acceptors (Lipinski definition) is 5. The van der Waals surface area contributed by atoms with Gasteiger partial charge in [0.15, 0.2) is 5.82 Å². The van der Waals surface area contributed by atoms with Crippen molar-refractivity contribution in [2.24, 2.45) is 5.73 Å². The number of fused-ring (bicyclic) bond motifs is 2. The highest BCUT2D eigenvalue weighted by atomic mass is 16.3. The molecule has 0 saturated heterocycles. The Morgan fingerprint density at radius 1 is 1.13 bits per heavy atom. The van der Waals surface area contributed by atoms with Crippen LogP contribution in [0.4, 0.5) is 0 Å². The molecule has 5 N–H and O–H groups in total. The van der Waals surface area contributed by atoms with Crippen LogP contribution in [0.2, 0.25) is 0 Å². The molecule has 0 fully saturated rings. The molecule has 0 unspecified atom stereocenters. The maximum Gasteiger partial charge on any atom is 0.240 e. The van der Waals surface area contributed by atoms with Gasteiger partial charge in [-0.05, 0) is 66.3 Å². The number of rotatable bonds is 6. The summed E-state index contributed by atoms with van der Waals surface area (Å²) in [5.41, 5.74) is 15.4. The normalized spacial score (nSPS) is 14.0. The first kappa shape index (κ1) is 24.9. The molecule has 3 aromatic carbocycles. The van der Waals surface area contributed by atoms with E-state index in [9.17, 15) is 9.90 Å². The number of benzene rings is 3. The zero-order valence-corrected chi connectivity index (χ0v) is 22.2. The van der Waals surface area contributed by atoms with E-state index >= 15 is 0 Å². The topological polar surface area (TPSA) is 124 Å². The van der Waals surface area contributed by atoms with Crippen LogP contribution in [0.3, 0.4) is 0 Å². The molecule has 0 radical (unpaired) electrons. The number of carbonyl (C=O) groups excluding carboxylic acids is 1. The van der Waals surface area contributed by atoms with Crippen molar-refractivity contribution < 1.29 is 9.90 Å². The Balaban J connectivity index is 1.21. The van der Waals surface area contributed by atoms with Crippen LogP contribution in [0, 0.1) is 6.92 Å². The number of aromatic nitrogens is 4. The minimum absolute atomic E-state index is 0.0456. The minimum atomic E-state index is -0.581. The van der Waals surface area contributed by atoms with E-state index in [0.717, 1.165) is 56.7 Å². The molecule has 1 aliphatic heterocycles. The summed E-state index contributed by atoms with van der Waals surface area (Å²) in [7, 11) is 0. The van der Waals surface area contributed by atoms with Crippen molar-refractivity contribution >= 4 is 16.8 Å². The van der Waals surface area contributed by atoms with Crippen LogP contribution in [-0.2, 0) is 30.6 Å². The molecular weight excluding hydrogens is 488 g/mol. The van der Waals surface area contributed by atoms with Gasteiger partial charge in [0.05, 0.1) is 29.5 Å². The Labute approximate surface area is 226 Å². The number of hydrogen-bond donors (Lipinski definition) is 4. The first-order valence-electron chi connectivity index (χ1n) is 13.4. The average molecular weight is 521 g/mol. The smallest absolute Gasteiger partial charge is 0.240 e. The van der Waals surface area contributed by atoms with E-state index in [1.54, 1.807) is 6.07 Å². The zero-order valence-electron chi connectivity index (χ0n) is 22.2. The first-order chi connectivity index (χ1) is 18.9. The summed E-state index contributed by atoms with van der Waals surface area (Å²) in [5, 5.41) is 18.6. The molecule has 1 amide bonds. The highest BCUT2D eigenvalue weighted by molar-refractivity contribution is 5.94. The van der Waals surface area contributed by atoms with Gasteiger partial charge in [-0.25, -0.2) is 4.98 Å². The molecule has 5 aromatic rings. The maximum atomic E-state index is 13.1. The lowest BCUT2D eigenvalue weighted by Gasteiger charge is -2.28. The van der Waals surface area contributed by atoms with Crippen LogP contribution in [-0.4, -0.2) is 48.7 Å². The highest BCUT2D eigenvalue weighted by Crippen LogP contribution is 2.33. The zero-order chi connectivity index (χ0) is 27.1. The molecule has 1 aliphatic rings. The summed E-state index contributed by atoms with van der Waals surface area (Å²) in [6.07, 6.45) is 2.01. The third kappa shape index (κ3) is 4.79. The Morgan fingerprint density at radius 3 is 2.74 bits per heavy atom. The quantitative estimate of drug-likeness (QED) is 0.259. The summed E-state index contributed by atoms with van der Waals surface area (Å²) in [4.78, 5) is 23.2. The number of aromatic hydroxyl groups is 1. The summed E-state index contributed by atoms with van der Waals surface area (Å²) < 4.78 is 0. The van der Waals surface area contributed by atoms with Gasteiger partial charge in [-0.1, -0.05) is 48.9 Å². The van der Waals surface area contributed by atoms with Gasteiger partial charge < -0.3 is 20.7 Å². The van der Waals surface area contributed by atoms with Crippen molar-refractivity contribution in [1.29, 1.82) is 0 Å².